The Morgan fingerprint density at radius 1 is 1.20 bits per heavy atom. The minimum Gasteiger partial charge on any atom is -0.444 e. The number of rotatable bonds is 4. The van der Waals surface area contributed by atoms with Crippen LogP contribution < -0.4 is 9.21 Å². The van der Waals surface area contributed by atoms with Crippen molar-refractivity contribution < 1.29 is 9.53 Å². The van der Waals surface area contributed by atoms with Crippen molar-refractivity contribution >= 4 is 29.4 Å². The average Bonchev–Trinajstić information content (AvgIpc) is 3.40. The van der Waals surface area contributed by atoms with Crippen molar-refractivity contribution in [3.8, 4) is 0 Å². The molecule has 5 nitrogen and oxygen atoms in total. The van der Waals surface area contributed by atoms with Crippen molar-refractivity contribution in [2.45, 2.75) is 52.2 Å². The zero-order valence-electron chi connectivity index (χ0n) is 15.7. The van der Waals surface area contributed by atoms with Crippen molar-refractivity contribution in [3.05, 3.63) is 24.3 Å². The summed E-state index contributed by atoms with van der Waals surface area (Å²) in [5.74, 6) is 1.10. The second-order valence-corrected chi connectivity index (χ2v) is 8.59. The zero-order chi connectivity index (χ0) is 18.0. The molecular weight excluding hydrogens is 334 g/mol. The summed E-state index contributed by atoms with van der Waals surface area (Å²) in [5, 5.41) is 0. The van der Waals surface area contributed by atoms with Crippen LogP contribution in [0.25, 0.3) is 0 Å². The Hall–Kier alpha value is -1.56. The lowest BCUT2D eigenvalue weighted by molar-refractivity contribution is 0.0149. The van der Waals surface area contributed by atoms with Crippen LogP contribution in [0, 0.1) is 0 Å². The predicted octanol–water partition coefficient (Wildman–Crippen LogP) is 4.34. The Morgan fingerprint density at radius 2 is 1.76 bits per heavy atom. The molecule has 0 radical (unpaired) electrons. The predicted molar refractivity (Wildman–Crippen MR) is 105 cm³/mol. The molecule has 1 aromatic rings. The topological polar surface area (TPSA) is 35.8 Å². The largest absolute Gasteiger partial charge is 0.444 e. The SMILES string of the molecule is CCN(C(=O)OC(C)(C)C)C1CCN(c2ccc(N3CS3)cc2)CC1. The molecule has 2 aliphatic rings. The highest BCUT2D eigenvalue weighted by Gasteiger charge is 2.30. The van der Waals surface area contributed by atoms with Crippen LogP contribution in [0.15, 0.2) is 24.3 Å². The van der Waals surface area contributed by atoms with E-state index < -0.39 is 5.60 Å². The molecular formula is C19H29N3O2S. The summed E-state index contributed by atoms with van der Waals surface area (Å²) in [4.78, 5) is 16.7. The fraction of sp³-hybridized carbons (Fsp3) is 0.632. The second kappa shape index (κ2) is 7.36. The molecule has 25 heavy (non-hydrogen) atoms. The number of hydrogen-bond donors (Lipinski definition) is 0. The molecule has 6 heteroatoms. The number of nitrogens with zero attached hydrogens (tertiary/aromatic N) is 3. The molecule has 0 atom stereocenters. The summed E-state index contributed by atoms with van der Waals surface area (Å²) < 4.78 is 7.84. The normalized spacial score (nSPS) is 18.2. The molecule has 2 aliphatic heterocycles. The van der Waals surface area contributed by atoms with Gasteiger partial charge in [0.25, 0.3) is 0 Å². The molecule has 0 bridgehead atoms. The number of ether oxygens (including phenoxy) is 1. The van der Waals surface area contributed by atoms with Crippen LogP contribution in [0.2, 0.25) is 0 Å². The zero-order valence-corrected chi connectivity index (χ0v) is 16.5. The van der Waals surface area contributed by atoms with Crippen molar-refractivity contribution in [1.29, 1.82) is 0 Å². The molecule has 138 valence electrons. The van der Waals surface area contributed by atoms with E-state index in [0.29, 0.717) is 6.54 Å². The van der Waals surface area contributed by atoms with E-state index in [0.717, 1.165) is 31.8 Å². The number of hydrogen-bond acceptors (Lipinski definition) is 5. The molecule has 0 aromatic heterocycles. The first-order valence-corrected chi connectivity index (χ1v) is 10.1. The molecule has 0 unspecified atom stereocenters. The third-order valence-electron chi connectivity index (χ3n) is 4.63. The highest BCUT2D eigenvalue weighted by molar-refractivity contribution is 8.07. The van der Waals surface area contributed by atoms with Gasteiger partial charge in [0.05, 0.1) is 5.88 Å². The van der Waals surface area contributed by atoms with Crippen LogP contribution in [0.3, 0.4) is 0 Å². The molecule has 0 N–H and O–H groups in total. The van der Waals surface area contributed by atoms with Gasteiger partial charge in [-0.1, -0.05) is 0 Å². The van der Waals surface area contributed by atoms with Gasteiger partial charge in [-0.3, -0.25) is 0 Å². The maximum atomic E-state index is 12.4. The molecule has 2 saturated heterocycles. The summed E-state index contributed by atoms with van der Waals surface area (Å²) in [7, 11) is 0. The first-order valence-electron chi connectivity index (χ1n) is 9.12. The second-order valence-electron chi connectivity index (χ2n) is 7.64. The van der Waals surface area contributed by atoms with E-state index in [4.69, 9.17) is 4.74 Å². The lowest BCUT2D eigenvalue weighted by Crippen LogP contribution is -2.48. The number of anilines is 2. The number of piperidine rings is 1. The maximum Gasteiger partial charge on any atom is 0.410 e. The minimum atomic E-state index is -0.442. The number of benzene rings is 1. The van der Waals surface area contributed by atoms with Gasteiger partial charge in [-0.25, -0.2) is 4.79 Å². The third-order valence-corrected chi connectivity index (χ3v) is 5.36. The van der Waals surface area contributed by atoms with Gasteiger partial charge in [-0.15, -0.1) is 0 Å². The molecule has 0 aliphatic carbocycles. The summed E-state index contributed by atoms with van der Waals surface area (Å²) in [6, 6.07) is 9.07. The van der Waals surface area contributed by atoms with Crippen LogP contribution in [0.1, 0.15) is 40.5 Å². The molecule has 2 fully saturated rings. The quantitative estimate of drug-likeness (QED) is 0.587. The Morgan fingerprint density at radius 3 is 2.24 bits per heavy atom. The van der Waals surface area contributed by atoms with Gasteiger partial charge >= 0.3 is 6.09 Å². The highest BCUT2D eigenvalue weighted by atomic mass is 32.2. The molecule has 0 saturated carbocycles. The first-order chi connectivity index (χ1) is 11.9. The van der Waals surface area contributed by atoms with Crippen LogP contribution in [0.4, 0.5) is 16.2 Å². The van der Waals surface area contributed by atoms with Gasteiger partial charge in [0.15, 0.2) is 0 Å². The van der Waals surface area contributed by atoms with Crippen LogP contribution in [-0.2, 0) is 4.74 Å². The lowest BCUT2D eigenvalue weighted by Gasteiger charge is -2.39. The highest BCUT2D eigenvalue weighted by Crippen LogP contribution is 2.36. The van der Waals surface area contributed by atoms with E-state index >= 15 is 0 Å². The van der Waals surface area contributed by atoms with Gasteiger partial charge in [0.2, 0.25) is 0 Å². The maximum absolute atomic E-state index is 12.4. The van der Waals surface area contributed by atoms with Crippen molar-refractivity contribution in [2.24, 2.45) is 0 Å². The Balaban J connectivity index is 1.55. The molecule has 3 rings (SSSR count). The van der Waals surface area contributed by atoms with Crippen molar-refractivity contribution in [1.82, 2.24) is 4.90 Å². The molecule has 2 heterocycles. The summed E-state index contributed by atoms with van der Waals surface area (Å²) in [6.07, 6.45) is 1.78. The standard InChI is InChI=1S/C19H29N3O2S/c1-5-21(18(23)24-19(2,3)4)16-10-12-20(13-11-16)15-6-8-17(9-7-15)22-14-25-22/h6-9,16H,5,10-14H2,1-4H3. The van der Waals surface area contributed by atoms with E-state index in [-0.39, 0.29) is 12.1 Å². The average molecular weight is 364 g/mol. The molecule has 1 amide bonds. The van der Waals surface area contributed by atoms with E-state index in [2.05, 4.69) is 33.5 Å². The van der Waals surface area contributed by atoms with Crippen molar-refractivity contribution in [2.75, 3.05) is 34.7 Å². The fourth-order valence-corrected chi connectivity index (χ4v) is 3.78. The third kappa shape index (κ3) is 4.75. The van der Waals surface area contributed by atoms with E-state index in [1.54, 1.807) is 0 Å². The Bertz CT molecular complexity index is 588. The number of carbonyl (C=O) groups is 1. The minimum absolute atomic E-state index is 0.186. The molecule has 0 spiro atoms. The summed E-state index contributed by atoms with van der Waals surface area (Å²) in [6.45, 7) is 10.4. The lowest BCUT2D eigenvalue weighted by atomic mass is 10.0. The van der Waals surface area contributed by atoms with Gasteiger partial charge < -0.3 is 18.8 Å². The van der Waals surface area contributed by atoms with E-state index in [9.17, 15) is 4.79 Å². The van der Waals surface area contributed by atoms with Gasteiger partial charge in [-0.2, -0.15) is 0 Å². The summed E-state index contributed by atoms with van der Waals surface area (Å²) >= 11 is 1.85. The van der Waals surface area contributed by atoms with E-state index in [1.165, 1.54) is 11.4 Å². The van der Waals surface area contributed by atoms with Gasteiger partial charge in [0.1, 0.15) is 5.60 Å². The van der Waals surface area contributed by atoms with Gasteiger partial charge in [0, 0.05) is 37.1 Å². The van der Waals surface area contributed by atoms with Crippen molar-refractivity contribution in [3.63, 3.8) is 0 Å². The van der Waals surface area contributed by atoms with Crippen LogP contribution >= 0.6 is 11.9 Å². The Labute approximate surface area is 155 Å². The Kier molecular flexibility index (Phi) is 5.37. The monoisotopic (exact) mass is 363 g/mol. The molecule has 1 aromatic carbocycles. The van der Waals surface area contributed by atoms with Crippen LogP contribution in [-0.4, -0.2) is 48.1 Å². The van der Waals surface area contributed by atoms with E-state index in [1.807, 2.05) is 44.5 Å². The van der Waals surface area contributed by atoms with Crippen LogP contribution in [0.5, 0.6) is 0 Å². The summed E-state index contributed by atoms with van der Waals surface area (Å²) in [5.41, 5.74) is 2.11. The first kappa shape index (κ1) is 18.2. The van der Waals surface area contributed by atoms with Gasteiger partial charge in [-0.05, 0) is 76.7 Å². The number of amides is 1. The number of carbonyl (C=O) groups excluding carboxylic acids is 1. The fourth-order valence-electron chi connectivity index (χ4n) is 3.30. The smallest absolute Gasteiger partial charge is 0.410 e.